The third kappa shape index (κ3) is 6.88. The van der Waals surface area contributed by atoms with Gasteiger partial charge in [0.15, 0.2) is 11.2 Å². The molecule has 2 amide bonds. The van der Waals surface area contributed by atoms with Crippen molar-refractivity contribution in [1.29, 1.82) is 0 Å². The fraction of sp³-hybridized carbons (Fsp3) is 0.333. The van der Waals surface area contributed by atoms with Crippen molar-refractivity contribution in [2.24, 2.45) is 0 Å². The molecule has 10 nitrogen and oxygen atoms in total. The number of likely N-dealkylation sites (tertiary alicyclic amines) is 1. The maximum absolute atomic E-state index is 12.8. The Bertz CT molecular complexity index is 1490. The normalized spacial score (nSPS) is 16.7. The number of rotatable bonds is 5. The van der Waals surface area contributed by atoms with Crippen molar-refractivity contribution in [3.8, 4) is 0 Å². The fourth-order valence-electron chi connectivity index (χ4n) is 4.83. The van der Waals surface area contributed by atoms with Gasteiger partial charge in [0.05, 0.1) is 12.1 Å². The second kappa shape index (κ2) is 12.3. The summed E-state index contributed by atoms with van der Waals surface area (Å²) in [5.74, 6) is -3.09. The zero-order chi connectivity index (χ0) is 29.8. The number of hydrogen-bond donors (Lipinski definition) is 3. The van der Waals surface area contributed by atoms with Gasteiger partial charge in [-0.15, -0.1) is 0 Å². The van der Waals surface area contributed by atoms with E-state index in [1.54, 1.807) is 18.2 Å². The molecular formula is C27H26BrF3N4O6. The monoisotopic (exact) mass is 638 g/mol. The molecule has 0 aliphatic carbocycles. The average Bonchev–Trinajstić information content (AvgIpc) is 3.25. The predicted octanol–water partition coefficient (Wildman–Crippen LogP) is 3.35. The van der Waals surface area contributed by atoms with Crippen LogP contribution < -0.4 is 21.0 Å². The quantitative estimate of drug-likeness (QED) is 0.388. The van der Waals surface area contributed by atoms with E-state index in [1.807, 2.05) is 30.3 Å². The van der Waals surface area contributed by atoms with E-state index in [9.17, 15) is 27.6 Å². The van der Waals surface area contributed by atoms with Gasteiger partial charge in [0.1, 0.15) is 11.1 Å². The number of carbonyl (C=O) groups excluding carboxylic acids is 2. The van der Waals surface area contributed by atoms with Crippen LogP contribution in [0.25, 0.3) is 11.0 Å². The molecule has 1 spiro atoms. The molecule has 14 heteroatoms. The Morgan fingerprint density at radius 2 is 1.73 bits per heavy atom. The van der Waals surface area contributed by atoms with Crippen LogP contribution in [0.5, 0.6) is 0 Å². The first-order valence-corrected chi connectivity index (χ1v) is 13.3. The highest BCUT2D eigenvalue weighted by molar-refractivity contribution is 9.10. The number of nitrogens with one attached hydrogen (secondary N) is 2. The molecule has 1 aromatic heterocycles. The number of aliphatic carboxylic acids is 1. The molecule has 2 aromatic carbocycles. The maximum atomic E-state index is 12.8. The molecule has 0 bridgehead atoms. The minimum absolute atomic E-state index is 0.00134. The van der Waals surface area contributed by atoms with E-state index < -0.39 is 23.6 Å². The number of para-hydroxylation sites is 1. The Kier molecular flexibility index (Phi) is 9.02. The van der Waals surface area contributed by atoms with Crippen molar-refractivity contribution in [2.45, 2.75) is 24.6 Å². The molecule has 2 fully saturated rings. The lowest BCUT2D eigenvalue weighted by molar-refractivity contribution is -0.192. The van der Waals surface area contributed by atoms with Gasteiger partial charge in [0.25, 0.3) is 5.91 Å². The summed E-state index contributed by atoms with van der Waals surface area (Å²) in [6, 6.07) is 16.3. The van der Waals surface area contributed by atoms with Gasteiger partial charge in [-0.05, 0) is 43.2 Å². The number of hydrogen-bond acceptors (Lipinski definition) is 7. The van der Waals surface area contributed by atoms with Gasteiger partial charge in [-0.1, -0.05) is 34.1 Å². The summed E-state index contributed by atoms with van der Waals surface area (Å²) in [4.78, 5) is 51.0. The van der Waals surface area contributed by atoms with E-state index in [1.165, 1.54) is 6.07 Å². The molecule has 3 N–H and O–H groups in total. The molecule has 0 atom stereocenters. The van der Waals surface area contributed by atoms with Crippen LogP contribution in [0.15, 0.2) is 68.3 Å². The Hall–Kier alpha value is -3.91. The van der Waals surface area contributed by atoms with Crippen LogP contribution in [-0.4, -0.2) is 72.4 Å². The number of anilines is 1. The molecule has 2 aliphatic heterocycles. The van der Waals surface area contributed by atoms with E-state index in [2.05, 4.69) is 36.4 Å². The smallest absolute Gasteiger partial charge is 0.475 e. The lowest BCUT2D eigenvalue weighted by atomic mass is 9.85. The topological polar surface area (TPSA) is 132 Å². The minimum Gasteiger partial charge on any atom is -0.475 e. The second-order valence-electron chi connectivity index (χ2n) is 9.48. The summed E-state index contributed by atoms with van der Waals surface area (Å²) < 4.78 is 38.1. The molecule has 3 aromatic rings. The number of carbonyl (C=O) groups is 3. The zero-order valence-electron chi connectivity index (χ0n) is 21.5. The summed E-state index contributed by atoms with van der Waals surface area (Å²) in [7, 11) is 0. The standard InChI is InChI=1S/C25H25BrN4O4.C2HF3O2/c26-17-6-7-21-19(14-17)20(31)15-22(34-21)23(32)27-10-13-29-11-8-25(9-12-29)24(33)28-16-30(25)18-4-2-1-3-5-18;3-2(4,5)1(6)7/h1-7,14-15H,8-13,16H2,(H,27,32)(H,28,33);(H,6,7). The summed E-state index contributed by atoms with van der Waals surface area (Å²) >= 11 is 3.33. The van der Waals surface area contributed by atoms with Crippen LogP contribution >= 0.6 is 15.9 Å². The van der Waals surface area contributed by atoms with Gasteiger partial charge in [-0.3, -0.25) is 14.4 Å². The highest BCUT2D eigenvalue weighted by Gasteiger charge is 2.50. The predicted molar refractivity (Wildman–Crippen MR) is 147 cm³/mol. The third-order valence-electron chi connectivity index (χ3n) is 6.96. The molecule has 0 saturated carbocycles. The number of alkyl halides is 3. The molecule has 0 unspecified atom stereocenters. The highest BCUT2D eigenvalue weighted by Crippen LogP contribution is 2.36. The summed E-state index contributed by atoms with van der Waals surface area (Å²) in [6.07, 6.45) is -3.65. The number of carboxylic acid groups (broad SMARTS) is 1. The second-order valence-corrected chi connectivity index (χ2v) is 10.4. The highest BCUT2D eigenvalue weighted by atomic mass is 79.9. The van der Waals surface area contributed by atoms with Crippen molar-refractivity contribution >= 4 is 50.4 Å². The van der Waals surface area contributed by atoms with Crippen LogP contribution in [0.3, 0.4) is 0 Å². The molecule has 3 heterocycles. The lowest BCUT2D eigenvalue weighted by Crippen LogP contribution is -2.57. The number of nitrogens with zero attached hydrogens (tertiary/aromatic N) is 2. The molecule has 41 heavy (non-hydrogen) atoms. The molecule has 5 rings (SSSR count). The van der Waals surface area contributed by atoms with E-state index in [0.717, 1.165) is 36.1 Å². The van der Waals surface area contributed by atoms with Gasteiger partial charge < -0.3 is 30.0 Å². The zero-order valence-corrected chi connectivity index (χ0v) is 23.1. The van der Waals surface area contributed by atoms with Crippen molar-refractivity contribution in [2.75, 3.05) is 37.7 Å². The Labute approximate surface area is 240 Å². The summed E-state index contributed by atoms with van der Waals surface area (Å²) in [5, 5.41) is 13.4. The van der Waals surface area contributed by atoms with Gasteiger partial charge >= 0.3 is 12.1 Å². The molecule has 0 radical (unpaired) electrons. The van der Waals surface area contributed by atoms with Gasteiger partial charge in [-0.25, -0.2) is 4.79 Å². The number of amides is 2. The average molecular weight is 639 g/mol. The van der Waals surface area contributed by atoms with Crippen LogP contribution in [0, 0.1) is 0 Å². The molecule has 218 valence electrons. The fourth-order valence-corrected chi connectivity index (χ4v) is 5.20. The first kappa shape index (κ1) is 30.1. The van der Waals surface area contributed by atoms with Crippen LogP contribution in [0.1, 0.15) is 23.4 Å². The Balaban J connectivity index is 0.000000493. The molecule has 2 saturated heterocycles. The van der Waals surface area contributed by atoms with E-state index in [4.69, 9.17) is 14.3 Å². The Morgan fingerprint density at radius 1 is 1.07 bits per heavy atom. The molecular weight excluding hydrogens is 613 g/mol. The van der Waals surface area contributed by atoms with Crippen LogP contribution in [0.2, 0.25) is 0 Å². The van der Waals surface area contributed by atoms with Crippen molar-refractivity contribution in [1.82, 2.24) is 15.5 Å². The molecule has 2 aliphatic rings. The number of benzene rings is 2. The maximum Gasteiger partial charge on any atom is 0.490 e. The van der Waals surface area contributed by atoms with Crippen molar-refractivity contribution in [3.05, 3.63) is 75.1 Å². The lowest BCUT2D eigenvalue weighted by Gasteiger charge is -2.43. The number of piperidine rings is 1. The SMILES string of the molecule is O=C(NCCN1CCC2(CC1)C(=O)NCN2c1ccccc1)c1cc(=O)c2cc(Br)ccc2o1.O=C(O)C(F)(F)F. The van der Waals surface area contributed by atoms with Crippen LogP contribution in [0.4, 0.5) is 18.9 Å². The van der Waals surface area contributed by atoms with E-state index in [-0.39, 0.29) is 17.1 Å². The number of halogens is 4. The van der Waals surface area contributed by atoms with E-state index in [0.29, 0.717) is 30.7 Å². The third-order valence-corrected chi connectivity index (χ3v) is 7.45. The largest absolute Gasteiger partial charge is 0.490 e. The van der Waals surface area contributed by atoms with Crippen molar-refractivity contribution in [3.63, 3.8) is 0 Å². The van der Waals surface area contributed by atoms with Gasteiger partial charge in [0, 0.05) is 42.4 Å². The van der Waals surface area contributed by atoms with Crippen LogP contribution in [-0.2, 0) is 9.59 Å². The van der Waals surface area contributed by atoms with Gasteiger partial charge in [0.2, 0.25) is 5.91 Å². The van der Waals surface area contributed by atoms with Gasteiger partial charge in [-0.2, -0.15) is 13.2 Å². The van der Waals surface area contributed by atoms with Crippen molar-refractivity contribution < 1.29 is 37.1 Å². The summed E-state index contributed by atoms with van der Waals surface area (Å²) in [6.45, 7) is 3.11. The number of carboxylic acids is 1. The van der Waals surface area contributed by atoms with E-state index >= 15 is 0 Å². The first-order valence-electron chi connectivity index (χ1n) is 12.6. The first-order chi connectivity index (χ1) is 19.4. The number of fused-ring (bicyclic) bond motifs is 1. The minimum atomic E-state index is -5.08. The summed E-state index contributed by atoms with van der Waals surface area (Å²) in [5.41, 5.74) is 0.641. The Morgan fingerprint density at radius 3 is 2.37 bits per heavy atom.